The van der Waals surface area contributed by atoms with Crippen molar-refractivity contribution in [2.45, 2.75) is 26.4 Å². The summed E-state index contributed by atoms with van der Waals surface area (Å²) in [7, 11) is 0. The molecule has 0 fully saturated rings. The Morgan fingerprint density at radius 3 is 2.58 bits per heavy atom. The average molecular weight is 259 g/mol. The molecule has 100 valence electrons. The van der Waals surface area contributed by atoms with Gasteiger partial charge in [-0.2, -0.15) is 0 Å². The lowest BCUT2D eigenvalue weighted by molar-refractivity contribution is 0.302. The first-order valence-electron chi connectivity index (χ1n) is 6.33. The largest absolute Gasteiger partial charge is 0.489 e. The molecule has 0 radical (unpaired) electrons. The lowest BCUT2D eigenvalue weighted by atomic mass is 10.0. The zero-order chi connectivity index (χ0) is 13.8. The number of hydrogen-bond donors (Lipinski definition) is 1. The van der Waals surface area contributed by atoms with Crippen LogP contribution in [-0.2, 0) is 6.61 Å². The van der Waals surface area contributed by atoms with Crippen molar-refractivity contribution in [3.8, 4) is 5.75 Å². The SMILES string of the molecule is CC(C)c1ccccc1OCc1ccc(F)cc1N. The van der Waals surface area contributed by atoms with Crippen LogP contribution in [0.1, 0.15) is 30.9 Å². The maximum Gasteiger partial charge on any atom is 0.125 e. The van der Waals surface area contributed by atoms with Gasteiger partial charge in [0.15, 0.2) is 0 Å². The molecule has 0 bridgehead atoms. The van der Waals surface area contributed by atoms with Crippen LogP contribution >= 0.6 is 0 Å². The molecular weight excluding hydrogens is 241 g/mol. The first-order chi connectivity index (χ1) is 9.08. The van der Waals surface area contributed by atoms with Crippen molar-refractivity contribution in [2.75, 3.05) is 5.73 Å². The van der Waals surface area contributed by atoms with E-state index in [0.29, 0.717) is 18.2 Å². The van der Waals surface area contributed by atoms with Gasteiger partial charge in [0.25, 0.3) is 0 Å². The Morgan fingerprint density at radius 2 is 1.89 bits per heavy atom. The highest BCUT2D eigenvalue weighted by Crippen LogP contribution is 2.27. The monoisotopic (exact) mass is 259 g/mol. The maximum absolute atomic E-state index is 13.0. The van der Waals surface area contributed by atoms with E-state index in [9.17, 15) is 4.39 Å². The van der Waals surface area contributed by atoms with E-state index in [-0.39, 0.29) is 5.82 Å². The minimum atomic E-state index is -0.330. The summed E-state index contributed by atoms with van der Waals surface area (Å²) < 4.78 is 18.8. The van der Waals surface area contributed by atoms with Gasteiger partial charge in [-0.3, -0.25) is 0 Å². The fourth-order valence-electron chi connectivity index (χ4n) is 1.94. The zero-order valence-electron chi connectivity index (χ0n) is 11.2. The van der Waals surface area contributed by atoms with Crippen LogP contribution in [0.5, 0.6) is 5.75 Å². The van der Waals surface area contributed by atoms with Crippen molar-refractivity contribution in [1.82, 2.24) is 0 Å². The standard InChI is InChI=1S/C16H18FNO/c1-11(2)14-5-3-4-6-16(14)19-10-12-7-8-13(17)9-15(12)18/h3-9,11H,10,18H2,1-2H3. The van der Waals surface area contributed by atoms with Crippen LogP contribution in [0.2, 0.25) is 0 Å². The van der Waals surface area contributed by atoms with Crippen molar-refractivity contribution in [3.05, 3.63) is 59.4 Å². The molecule has 0 saturated heterocycles. The van der Waals surface area contributed by atoms with E-state index in [1.54, 1.807) is 6.07 Å². The fraction of sp³-hybridized carbons (Fsp3) is 0.250. The van der Waals surface area contributed by atoms with Gasteiger partial charge in [-0.15, -0.1) is 0 Å². The van der Waals surface area contributed by atoms with E-state index >= 15 is 0 Å². The van der Waals surface area contributed by atoms with Gasteiger partial charge in [0.1, 0.15) is 18.2 Å². The van der Waals surface area contributed by atoms with Crippen molar-refractivity contribution in [1.29, 1.82) is 0 Å². The van der Waals surface area contributed by atoms with Crippen LogP contribution in [0.25, 0.3) is 0 Å². The highest BCUT2D eigenvalue weighted by atomic mass is 19.1. The topological polar surface area (TPSA) is 35.2 Å². The van der Waals surface area contributed by atoms with Crippen LogP contribution in [-0.4, -0.2) is 0 Å². The molecule has 2 aromatic rings. The summed E-state index contributed by atoms with van der Waals surface area (Å²) >= 11 is 0. The Kier molecular flexibility index (Phi) is 4.05. The van der Waals surface area contributed by atoms with E-state index in [1.807, 2.05) is 24.3 Å². The number of hydrogen-bond acceptors (Lipinski definition) is 2. The number of halogens is 1. The smallest absolute Gasteiger partial charge is 0.125 e. The predicted octanol–water partition coefficient (Wildman–Crippen LogP) is 4.11. The van der Waals surface area contributed by atoms with Gasteiger partial charge in [0.2, 0.25) is 0 Å². The summed E-state index contributed by atoms with van der Waals surface area (Å²) in [5.41, 5.74) is 8.13. The minimum Gasteiger partial charge on any atom is -0.489 e. The molecule has 0 saturated carbocycles. The Balaban J connectivity index is 2.14. The third kappa shape index (κ3) is 3.25. The van der Waals surface area contributed by atoms with Crippen molar-refractivity contribution < 1.29 is 9.13 Å². The van der Waals surface area contributed by atoms with Crippen LogP contribution in [0, 0.1) is 5.82 Å². The van der Waals surface area contributed by atoms with Gasteiger partial charge in [0.05, 0.1) is 0 Å². The van der Waals surface area contributed by atoms with Crippen LogP contribution in [0.15, 0.2) is 42.5 Å². The third-order valence-corrected chi connectivity index (χ3v) is 3.03. The number of benzene rings is 2. The lowest BCUT2D eigenvalue weighted by Crippen LogP contribution is -2.03. The summed E-state index contributed by atoms with van der Waals surface area (Å²) in [6, 6.07) is 12.3. The van der Waals surface area contributed by atoms with Gasteiger partial charge in [-0.25, -0.2) is 4.39 Å². The van der Waals surface area contributed by atoms with Gasteiger partial charge < -0.3 is 10.5 Å². The molecule has 2 aromatic carbocycles. The van der Waals surface area contributed by atoms with E-state index < -0.39 is 0 Å². The Bertz CT molecular complexity index is 566. The molecule has 3 heteroatoms. The fourth-order valence-corrected chi connectivity index (χ4v) is 1.94. The second-order valence-corrected chi connectivity index (χ2v) is 4.82. The number of rotatable bonds is 4. The van der Waals surface area contributed by atoms with E-state index in [4.69, 9.17) is 10.5 Å². The highest BCUT2D eigenvalue weighted by Gasteiger charge is 2.08. The van der Waals surface area contributed by atoms with Crippen molar-refractivity contribution in [3.63, 3.8) is 0 Å². The number of nitrogen functional groups attached to an aromatic ring is 1. The summed E-state index contributed by atoms with van der Waals surface area (Å²) in [4.78, 5) is 0. The number of nitrogens with two attached hydrogens (primary N) is 1. The molecule has 0 atom stereocenters. The van der Waals surface area contributed by atoms with Crippen molar-refractivity contribution in [2.24, 2.45) is 0 Å². The van der Waals surface area contributed by atoms with Crippen LogP contribution < -0.4 is 10.5 Å². The maximum atomic E-state index is 13.0. The molecule has 2 nitrogen and oxygen atoms in total. The quantitative estimate of drug-likeness (QED) is 0.839. The third-order valence-electron chi connectivity index (χ3n) is 3.03. The second-order valence-electron chi connectivity index (χ2n) is 4.82. The molecule has 0 aromatic heterocycles. The van der Waals surface area contributed by atoms with E-state index in [1.165, 1.54) is 12.1 Å². The van der Waals surface area contributed by atoms with E-state index in [2.05, 4.69) is 13.8 Å². The lowest BCUT2D eigenvalue weighted by Gasteiger charge is -2.14. The molecule has 0 spiro atoms. The van der Waals surface area contributed by atoms with Gasteiger partial charge in [-0.05, 0) is 29.7 Å². The van der Waals surface area contributed by atoms with Gasteiger partial charge in [0, 0.05) is 11.3 Å². The molecule has 0 aliphatic rings. The summed E-state index contributed by atoms with van der Waals surface area (Å²) in [5.74, 6) is 0.909. The number of para-hydroxylation sites is 1. The zero-order valence-corrected chi connectivity index (χ0v) is 11.2. The van der Waals surface area contributed by atoms with Crippen molar-refractivity contribution >= 4 is 5.69 Å². The minimum absolute atomic E-state index is 0.330. The predicted molar refractivity (Wildman–Crippen MR) is 75.7 cm³/mol. The Morgan fingerprint density at radius 1 is 1.16 bits per heavy atom. The van der Waals surface area contributed by atoms with E-state index in [0.717, 1.165) is 16.9 Å². The molecule has 0 amide bonds. The molecule has 0 aliphatic heterocycles. The van der Waals surface area contributed by atoms with Crippen LogP contribution in [0.4, 0.5) is 10.1 Å². The average Bonchev–Trinajstić information content (AvgIpc) is 2.38. The Hall–Kier alpha value is -2.03. The molecule has 2 N–H and O–H groups in total. The highest BCUT2D eigenvalue weighted by molar-refractivity contribution is 5.47. The molecular formula is C16H18FNO. The summed E-state index contributed by atoms with van der Waals surface area (Å²) in [5, 5.41) is 0. The van der Waals surface area contributed by atoms with Gasteiger partial charge in [-0.1, -0.05) is 38.1 Å². The normalized spacial score (nSPS) is 10.7. The Labute approximate surface area is 113 Å². The number of ether oxygens (including phenoxy) is 1. The summed E-state index contributed by atoms with van der Waals surface area (Å²) in [6.07, 6.45) is 0. The first-order valence-corrected chi connectivity index (χ1v) is 6.33. The van der Waals surface area contributed by atoms with Crippen LogP contribution in [0.3, 0.4) is 0 Å². The second kappa shape index (κ2) is 5.74. The molecule has 19 heavy (non-hydrogen) atoms. The molecule has 2 rings (SSSR count). The van der Waals surface area contributed by atoms with Gasteiger partial charge >= 0.3 is 0 Å². The number of anilines is 1. The molecule has 0 heterocycles. The first kappa shape index (κ1) is 13.4. The summed E-state index contributed by atoms with van der Waals surface area (Å²) in [6.45, 7) is 4.58. The molecule has 0 unspecified atom stereocenters. The molecule has 0 aliphatic carbocycles.